The van der Waals surface area contributed by atoms with Crippen LogP contribution in [0.4, 0.5) is 5.69 Å². The number of nitrogens with one attached hydrogen (secondary N) is 1. The Morgan fingerprint density at radius 3 is 2.74 bits per heavy atom. The van der Waals surface area contributed by atoms with E-state index in [1.165, 1.54) is 16.4 Å². The van der Waals surface area contributed by atoms with E-state index in [0.29, 0.717) is 18.7 Å². The average Bonchev–Trinajstić information content (AvgIpc) is 2.48. The van der Waals surface area contributed by atoms with Crippen LogP contribution in [0.2, 0.25) is 0 Å². The van der Waals surface area contributed by atoms with Crippen LogP contribution < -0.4 is 5.32 Å². The van der Waals surface area contributed by atoms with Gasteiger partial charge in [0.2, 0.25) is 10.0 Å². The first-order valence-electron chi connectivity index (χ1n) is 7.26. The van der Waals surface area contributed by atoms with Gasteiger partial charge in [0, 0.05) is 25.2 Å². The van der Waals surface area contributed by atoms with Crippen LogP contribution in [0.1, 0.15) is 18.4 Å². The van der Waals surface area contributed by atoms with Crippen LogP contribution in [-0.2, 0) is 10.0 Å². The van der Waals surface area contributed by atoms with Crippen LogP contribution in [0.15, 0.2) is 23.1 Å². The molecule has 1 atom stereocenters. The van der Waals surface area contributed by atoms with Gasteiger partial charge in [-0.15, -0.1) is 12.4 Å². The molecule has 1 aliphatic heterocycles. The molecule has 0 spiro atoms. The second kappa shape index (κ2) is 8.05. The zero-order valence-electron chi connectivity index (χ0n) is 13.2. The highest BCUT2D eigenvalue weighted by molar-refractivity contribution is 7.89. The summed E-state index contributed by atoms with van der Waals surface area (Å²) >= 11 is 0. The minimum absolute atomic E-state index is 0. The summed E-state index contributed by atoms with van der Waals surface area (Å²) in [6, 6.07) is 3.97. The molecule has 9 heteroatoms. The van der Waals surface area contributed by atoms with Gasteiger partial charge in [-0.05, 0) is 44.8 Å². The van der Waals surface area contributed by atoms with Gasteiger partial charge in [0.05, 0.1) is 9.82 Å². The van der Waals surface area contributed by atoms with Crippen molar-refractivity contribution in [3.05, 3.63) is 33.9 Å². The van der Waals surface area contributed by atoms with Gasteiger partial charge in [0.1, 0.15) is 0 Å². The fourth-order valence-electron chi connectivity index (χ4n) is 2.82. The van der Waals surface area contributed by atoms with Crippen LogP contribution in [-0.4, -0.2) is 44.3 Å². The van der Waals surface area contributed by atoms with Crippen molar-refractivity contribution in [2.75, 3.05) is 26.7 Å². The summed E-state index contributed by atoms with van der Waals surface area (Å²) in [6.07, 6.45) is 1.79. The highest BCUT2D eigenvalue weighted by Crippen LogP contribution is 2.28. The lowest BCUT2D eigenvalue weighted by Crippen LogP contribution is -2.42. The molecule has 1 aromatic carbocycles. The Kier molecular flexibility index (Phi) is 6.94. The number of rotatable bonds is 5. The molecule has 0 aliphatic carbocycles. The molecule has 0 amide bonds. The van der Waals surface area contributed by atoms with E-state index in [1.807, 2.05) is 7.05 Å². The normalized spacial score (nSPS) is 19.1. The zero-order chi connectivity index (χ0) is 16.3. The summed E-state index contributed by atoms with van der Waals surface area (Å²) in [5, 5.41) is 14.0. The maximum atomic E-state index is 12.8. The Morgan fingerprint density at radius 1 is 1.43 bits per heavy atom. The minimum atomic E-state index is -3.70. The van der Waals surface area contributed by atoms with E-state index >= 15 is 0 Å². The predicted octanol–water partition coefficient (Wildman–Crippen LogP) is 1.95. The van der Waals surface area contributed by atoms with Crippen molar-refractivity contribution in [1.82, 2.24) is 9.62 Å². The fraction of sp³-hybridized carbons (Fsp3) is 0.571. The Hall–Kier alpha value is -1.22. The van der Waals surface area contributed by atoms with Gasteiger partial charge in [-0.1, -0.05) is 6.07 Å². The second-order valence-electron chi connectivity index (χ2n) is 5.64. The molecular formula is C14H22ClN3O4S. The lowest BCUT2D eigenvalue weighted by atomic mass is 10.00. The molecule has 2 rings (SSSR count). The van der Waals surface area contributed by atoms with E-state index in [-0.39, 0.29) is 28.9 Å². The molecule has 1 unspecified atom stereocenters. The SMILES string of the molecule is CNCC1CCCN(S(=O)(=O)c2cc([N+](=O)[O-])ccc2C)C1.Cl. The lowest BCUT2D eigenvalue weighted by molar-refractivity contribution is -0.385. The number of sulfonamides is 1. The van der Waals surface area contributed by atoms with Crippen molar-refractivity contribution in [1.29, 1.82) is 0 Å². The fourth-order valence-corrected chi connectivity index (χ4v) is 4.62. The largest absolute Gasteiger partial charge is 0.319 e. The van der Waals surface area contributed by atoms with Crippen molar-refractivity contribution < 1.29 is 13.3 Å². The van der Waals surface area contributed by atoms with Gasteiger partial charge in [-0.25, -0.2) is 8.42 Å². The number of aryl methyl sites for hydroxylation is 1. The molecule has 0 radical (unpaired) electrons. The summed E-state index contributed by atoms with van der Waals surface area (Å²) in [4.78, 5) is 10.4. The first-order valence-corrected chi connectivity index (χ1v) is 8.70. The topological polar surface area (TPSA) is 92.6 Å². The Morgan fingerprint density at radius 2 is 2.13 bits per heavy atom. The molecule has 1 heterocycles. The zero-order valence-corrected chi connectivity index (χ0v) is 14.8. The van der Waals surface area contributed by atoms with Crippen LogP contribution in [0, 0.1) is 23.0 Å². The van der Waals surface area contributed by atoms with Crippen LogP contribution in [0.5, 0.6) is 0 Å². The van der Waals surface area contributed by atoms with Gasteiger partial charge in [0.15, 0.2) is 0 Å². The number of halogens is 1. The third-order valence-electron chi connectivity index (χ3n) is 3.97. The van der Waals surface area contributed by atoms with Gasteiger partial charge in [-0.2, -0.15) is 4.31 Å². The third kappa shape index (κ3) is 4.41. The molecule has 0 aromatic heterocycles. The number of nitrogens with zero attached hydrogens (tertiary/aromatic N) is 2. The molecular weight excluding hydrogens is 342 g/mol. The quantitative estimate of drug-likeness (QED) is 0.637. The number of nitro groups is 1. The van der Waals surface area contributed by atoms with E-state index in [9.17, 15) is 18.5 Å². The second-order valence-corrected chi connectivity index (χ2v) is 7.54. The number of hydrogen-bond acceptors (Lipinski definition) is 5. The van der Waals surface area contributed by atoms with E-state index in [0.717, 1.165) is 25.5 Å². The number of nitro benzene ring substituents is 1. The molecule has 1 saturated heterocycles. The molecule has 1 N–H and O–H groups in total. The third-order valence-corrected chi connectivity index (χ3v) is 5.98. The summed E-state index contributed by atoms with van der Waals surface area (Å²) in [7, 11) is -1.85. The molecule has 0 bridgehead atoms. The average molecular weight is 364 g/mol. The van der Waals surface area contributed by atoms with Crippen molar-refractivity contribution in [3.63, 3.8) is 0 Å². The number of hydrogen-bond donors (Lipinski definition) is 1. The molecule has 130 valence electrons. The highest BCUT2D eigenvalue weighted by atomic mass is 35.5. The molecule has 1 aliphatic rings. The number of non-ortho nitro benzene ring substituents is 1. The predicted molar refractivity (Wildman–Crippen MR) is 90.5 cm³/mol. The van der Waals surface area contributed by atoms with E-state index < -0.39 is 14.9 Å². The van der Waals surface area contributed by atoms with E-state index in [4.69, 9.17) is 0 Å². The minimum Gasteiger partial charge on any atom is -0.319 e. The monoisotopic (exact) mass is 363 g/mol. The maximum absolute atomic E-state index is 12.8. The Labute approximate surface area is 142 Å². The van der Waals surface area contributed by atoms with Gasteiger partial charge >= 0.3 is 0 Å². The first kappa shape index (κ1) is 19.8. The Balaban J connectivity index is 0.00000264. The molecule has 23 heavy (non-hydrogen) atoms. The van der Waals surface area contributed by atoms with Crippen LogP contribution in [0.3, 0.4) is 0 Å². The Bertz CT molecular complexity index is 664. The molecule has 7 nitrogen and oxygen atoms in total. The first-order chi connectivity index (χ1) is 10.4. The smallest absolute Gasteiger partial charge is 0.270 e. The summed E-state index contributed by atoms with van der Waals surface area (Å²) in [6.45, 7) is 3.33. The van der Waals surface area contributed by atoms with Gasteiger partial charge in [0.25, 0.3) is 5.69 Å². The van der Waals surface area contributed by atoms with Crippen LogP contribution in [0.25, 0.3) is 0 Å². The summed E-state index contributed by atoms with van der Waals surface area (Å²) < 4.78 is 27.1. The van der Waals surface area contributed by atoms with E-state index in [2.05, 4.69) is 5.32 Å². The van der Waals surface area contributed by atoms with E-state index in [1.54, 1.807) is 6.92 Å². The van der Waals surface area contributed by atoms with Gasteiger partial charge in [-0.3, -0.25) is 10.1 Å². The van der Waals surface area contributed by atoms with Gasteiger partial charge < -0.3 is 5.32 Å². The van der Waals surface area contributed by atoms with Crippen molar-refractivity contribution >= 4 is 28.1 Å². The maximum Gasteiger partial charge on any atom is 0.270 e. The summed E-state index contributed by atoms with van der Waals surface area (Å²) in [5.41, 5.74) is 0.328. The molecule has 1 aromatic rings. The summed E-state index contributed by atoms with van der Waals surface area (Å²) in [5.74, 6) is 0.271. The van der Waals surface area contributed by atoms with Crippen molar-refractivity contribution in [2.45, 2.75) is 24.7 Å². The lowest BCUT2D eigenvalue weighted by Gasteiger charge is -2.32. The number of benzene rings is 1. The standard InChI is InChI=1S/C14H21N3O4S.ClH/c1-11-5-6-13(17(18)19)8-14(11)22(20,21)16-7-3-4-12(10-16)9-15-2;/h5-6,8,12,15H,3-4,7,9-10H2,1-2H3;1H. The van der Waals surface area contributed by atoms with Crippen LogP contribution >= 0.6 is 12.4 Å². The van der Waals surface area contributed by atoms with Crippen molar-refractivity contribution in [2.24, 2.45) is 5.92 Å². The molecule has 0 saturated carbocycles. The van der Waals surface area contributed by atoms with Crippen molar-refractivity contribution in [3.8, 4) is 0 Å². The molecule has 1 fully saturated rings. The highest BCUT2D eigenvalue weighted by Gasteiger charge is 2.31. The number of piperidine rings is 1.